The first-order valence-electron chi connectivity index (χ1n) is 8.90. The van der Waals surface area contributed by atoms with Gasteiger partial charge in [-0.25, -0.2) is 4.39 Å². The summed E-state index contributed by atoms with van der Waals surface area (Å²) < 4.78 is 13.0. The molecule has 1 saturated heterocycles. The number of amides is 1. The molecule has 1 aliphatic rings. The Morgan fingerprint density at radius 1 is 1.04 bits per heavy atom. The first kappa shape index (κ1) is 17.6. The highest BCUT2D eigenvalue weighted by atomic mass is 19.1. The molecule has 132 valence electrons. The Balaban J connectivity index is 1.58. The minimum atomic E-state index is -0.214. The van der Waals surface area contributed by atoms with Gasteiger partial charge >= 0.3 is 0 Å². The maximum absolute atomic E-state index is 13.0. The Labute approximate surface area is 148 Å². The zero-order valence-electron chi connectivity index (χ0n) is 14.8. The van der Waals surface area contributed by atoms with Crippen molar-refractivity contribution < 1.29 is 9.18 Å². The molecule has 3 rings (SSSR count). The van der Waals surface area contributed by atoms with E-state index in [1.165, 1.54) is 17.7 Å². The predicted octanol–water partition coefficient (Wildman–Crippen LogP) is 4.15. The molecule has 1 amide bonds. The van der Waals surface area contributed by atoms with Gasteiger partial charge in [-0.05, 0) is 48.6 Å². The summed E-state index contributed by atoms with van der Waals surface area (Å²) in [7, 11) is 0. The van der Waals surface area contributed by atoms with Crippen molar-refractivity contribution in [1.82, 2.24) is 10.2 Å². The van der Waals surface area contributed by atoms with E-state index in [1.807, 2.05) is 4.90 Å². The Kier molecular flexibility index (Phi) is 5.49. The summed E-state index contributed by atoms with van der Waals surface area (Å²) in [6, 6.07) is 15.7. The van der Waals surface area contributed by atoms with Gasteiger partial charge < -0.3 is 10.2 Å². The Hall–Kier alpha value is -2.20. The molecule has 2 aromatic rings. The second kappa shape index (κ2) is 7.79. The molecule has 0 aliphatic carbocycles. The number of nitrogens with zero attached hydrogens (tertiary/aromatic N) is 1. The lowest BCUT2D eigenvalue weighted by atomic mass is 9.99. The van der Waals surface area contributed by atoms with Crippen molar-refractivity contribution in [2.75, 3.05) is 13.1 Å². The lowest BCUT2D eigenvalue weighted by Crippen LogP contribution is -2.44. The van der Waals surface area contributed by atoms with Gasteiger partial charge in [0.15, 0.2) is 0 Å². The number of likely N-dealkylation sites (tertiary alicyclic amines) is 1. The summed E-state index contributed by atoms with van der Waals surface area (Å²) >= 11 is 0. The van der Waals surface area contributed by atoms with Crippen LogP contribution in [0.2, 0.25) is 0 Å². The number of hydrogen-bond donors (Lipinski definition) is 1. The minimum absolute atomic E-state index is 0.169. The molecule has 0 radical (unpaired) electrons. The zero-order valence-corrected chi connectivity index (χ0v) is 14.8. The van der Waals surface area contributed by atoms with Crippen LogP contribution in [0.15, 0.2) is 48.5 Å². The number of nitrogens with one attached hydrogen (secondary N) is 1. The van der Waals surface area contributed by atoms with Gasteiger partial charge in [-0.2, -0.15) is 0 Å². The monoisotopic (exact) mass is 340 g/mol. The number of benzene rings is 2. The van der Waals surface area contributed by atoms with Crippen molar-refractivity contribution in [2.45, 2.75) is 38.8 Å². The summed E-state index contributed by atoms with van der Waals surface area (Å²) in [4.78, 5) is 13.3. The molecule has 2 aromatic carbocycles. The van der Waals surface area contributed by atoms with Crippen LogP contribution in [0.25, 0.3) is 11.1 Å². The third-order valence-electron chi connectivity index (χ3n) is 5.01. The molecular weight excluding hydrogens is 315 g/mol. The molecule has 3 nitrogen and oxygen atoms in total. The van der Waals surface area contributed by atoms with Crippen LogP contribution in [0.5, 0.6) is 0 Å². The Morgan fingerprint density at radius 2 is 1.56 bits per heavy atom. The standard InChI is InChI=1S/C21H25FN2O/c1-15(23-21-11-13-24(14-12-21)16(2)25)17-3-5-18(6-4-17)19-7-9-20(22)10-8-19/h3-10,15,21,23H,11-14H2,1-2H3. The maximum Gasteiger partial charge on any atom is 0.219 e. The molecule has 0 aromatic heterocycles. The molecule has 0 spiro atoms. The van der Waals surface area contributed by atoms with Crippen LogP contribution in [-0.2, 0) is 4.79 Å². The Bertz CT molecular complexity index is 704. The average Bonchev–Trinajstić information content (AvgIpc) is 2.63. The molecule has 1 N–H and O–H groups in total. The predicted molar refractivity (Wildman–Crippen MR) is 98.7 cm³/mol. The van der Waals surface area contributed by atoms with Crippen LogP contribution in [0.4, 0.5) is 4.39 Å². The number of carbonyl (C=O) groups excluding carboxylic acids is 1. The first-order chi connectivity index (χ1) is 12.0. The maximum atomic E-state index is 13.0. The van der Waals surface area contributed by atoms with Crippen molar-refractivity contribution in [3.8, 4) is 11.1 Å². The lowest BCUT2D eigenvalue weighted by molar-refractivity contribution is -0.129. The van der Waals surface area contributed by atoms with Gasteiger partial charge in [-0.3, -0.25) is 4.79 Å². The number of carbonyl (C=O) groups is 1. The summed E-state index contributed by atoms with van der Waals surface area (Å²) in [5, 5.41) is 3.67. The molecular formula is C21H25FN2O. The quantitative estimate of drug-likeness (QED) is 0.907. The van der Waals surface area contributed by atoms with E-state index in [0.717, 1.165) is 37.1 Å². The van der Waals surface area contributed by atoms with Crippen molar-refractivity contribution in [3.63, 3.8) is 0 Å². The van der Waals surface area contributed by atoms with Crippen molar-refractivity contribution in [1.29, 1.82) is 0 Å². The third kappa shape index (κ3) is 4.45. The van der Waals surface area contributed by atoms with Gasteiger partial charge in [0.1, 0.15) is 5.82 Å². The van der Waals surface area contributed by atoms with Gasteiger partial charge in [-0.1, -0.05) is 36.4 Å². The highest BCUT2D eigenvalue weighted by Crippen LogP contribution is 2.23. The molecule has 1 atom stereocenters. The van der Waals surface area contributed by atoms with E-state index in [9.17, 15) is 9.18 Å². The molecule has 1 unspecified atom stereocenters. The average molecular weight is 340 g/mol. The van der Waals surface area contributed by atoms with Gasteiger partial charge in [0, 0.05) is 32.1 Å². The van der Waals surface area contributed by atoms with Crippen LogP contribution in [0, 0.1) is 5.82 Å². The second-order valence-electron chi connectivity index (χ2n) is 6.80. The van der Waals surface area contributed by atoms with E-state index >= 15 is 0 Å². The van der Waals surface area contributed by atoms with Crippen LogP contribution in [0.1, 0.15) is 38.3 Å². The first-order valence-corrected chi connectivity index (χ1v) is 8.90. The van der Waals surface area contributed by atoms with Gasteiger partial charge in [0.2, 0.25) is 5.91 Å². The normalized spacial score (nSPS) is 16.7. The Morgan fingerprint density at radius 3 is 2.08 bits per heavy atom. The molecule has 0 saturated carbocycles. The molecule has 4 heteroatoms. The van der Waals surface area contributed by atoms with E-state index in [2.05, 4.69) is 36.5 Å². The van der Waals surface area contributed by atoms with Crippen LogP contribution >= 0.6 is 0 Å². The smallest absolute Gasteiger partial charge is 0.219 e. The highest BCUT2D eigenvalue weighted by Gasteiger charge is 2.21. The van der Waals surface area contributed by atoms with E-state index in [0.29, 0.717) is 6.04 Å². The van der Waals surface area contributed by atoms with E-state index in [-0.39, 0.29) is 17.8 Å². The summed E-state index contributed by atoms with van der Waals surface area (Å²) in [6.07, 6.45) is 2.00. The fourth-order valence-corrected chi connectivity index (χ4v) is 3.42. The van der Waals surface area contributed by atoms with Gasteiger partial charge in [0.25, 0.3) is 0 Å². The molecule has 1 aliphatic heterocycles. The highest BCUT2D eigenvalue weighted by molar-refractivity contribution is 5.73. The van der Waals surface area contributed by atoms with Crippen molar-refractivity contribution >= 4 is 5.91 Å². The largest absolute Gasteiger partial charge is 0.343 e. The SMILES string of the molecule is CC(=O)N1CCC(NC(C)c2ccc(-c3ccc(F)cc3)cc2)CC1. The van der Waals surface area contributed by atoms with Crippen molar-refractivity contribution in [2.24, 2.45) is 0 Å². The number of halogens is 1. The topological polar surface area (TPSA) is 32.3 Å². The van der Waals surface area contributed by atoms with Crippen LogP contribution in [0.3, 0.4) is 0 Å². The fourth-order valence-electron chi connectivity index (χ4n) is 3.42. The van der Waals surface area contributed by atoms with Crippen LogP contribution < -0.4 is 5.32 Å². The summed E-state index contributed by atoms with van der Waals surface area (Å²) in [6.45, 7) is 5.48. The summed E-state index contributed by atoms with van der Waals surface area (Å²) in [5.41, 5.74) is 3.34. The molecule has 1 fully saturated rings. The van der Waals surface area contributed by atoms with E-state index in [4.69, 9.17) is 0 Å². The molecule has 0 bridgehead atoms. The van der Waals surface area contributed by atoms with Gasteiger partial charge in [0.05, 0.1) is 0 Å². The van der Waals surface area contributed by atoms with Crippen LogP contribution in [-0.4, -0.2) is 29.9 Å². The van der Waals surface area contributed by atoms with E-state index in [1.54, 1.807) is 19.1 Å². The number of hydrogen-bond acceptors (Lipinski definition) is 2. The van der Waals surface area contributed by atoms with Gasteiger partial charge in [-0.15, -0.1) is 0 Å². The van der Waals surface area contributed by atoms with Crippen molar-refractivity contribution in [3.05, 3.63) is 59.9 Å². The molecule has 1 heterocycles. The molecule has 25 heavy (non-hydrogen) atoms. The number of piperidine rings is 1. The second-order valence-corrected chi connectivity index (χ2v) is 6.80. The minimum Gasteiger partial charge on any atom is -0.343 e. The zero-order chi connectivity index (χ0) is 17.8. The number of rotatable bonds is 4. The fraction of sp³-hybridized carbons (Fsp3) is 0.381. The summed E-state index contributed by atoms with van der Waals surface area (Å²) in [5.74, 6) is -0.0445. The third-order valence-corrected chi connectivity index (χ3v) is 5.01. The van der Waals surface area contributed by atoms with E-state index < -0.39 is 0 Å². The lowest BCUT2D eigenvalue weighted by Gasteiger charge is -2.33.